The molecule has 2 aromatic heterocycles. The van der Waals surface area contributed by atoms with Gasteiger partial charge in [-0.15, -0.1) is 0 Å². The highest BCUT2D eigenvalue weighted by Gasteiger charge is 2.37. The van der Waals surface area contributed by atoms with Gasteiger partial charge >= 0.3 is 6.18 Å². The lowest BCUT2D eigenvalue weighted by Gasteiger charge is -2.16. The molecule has 2 heterocycles. The van der Waals surface area contributed by atoms with Gasteiger partial charge < -0.3 is 10.1 Å². The number of nitrogens with one attached hydrogen (secondary N) is 1. The lowest BCUT2D eigenvalue weighted by atomic mass is 10.1. The molecule has 0 radical (unpaired) electrons. The number of benzene rings is 1. The van der Waals surface area contributed by atoms with E-state index < -0.39 is 23.9 Å². The van der Waals surface area contributed by atoms with Crippen LogP contribution in [0.1, 0.15) is 23.0 Å². The minimum atomic E-state index is -4.59. The number of rotatable bonds is 4. The minimum absolute atomic E-state index is 0.0177. The topological polar surface area (TPSA) is 68.5 Å². The van der Waals surface area contributed by atoms with Crippen molar-refractivity contribution in [3.63, 3.8) is 0 Å². The van der Waals surface area contributed by atoms with Crippen molar-refractivity contribution in [1.82, 2.24) is 19.9 Å². The molecule has 1 unspecified atom stereocenters. The van der Waals surface area contributed by atoms with Gasteiger partial charge in [-0.2, -0.15) is 18.3 Å². The lowest BCUT2D eigenvalue weighted by molar-refractivity contribution is -0.149. The molecule has 0 bridgehead atoms. The van der Waals surface area contributed by atoms with Crippen LogP contribution in [0.3, 0.4) is 0 Å². The molecule has 0 aliphatic rings. The van der Waals surface area contributed by atoms with Crippen molar-refractivity contribution in [2.45, 2.75) is 26.1 Å². The van der Waals surface area contributed by atoms with Gasteiger partial charge in [0, 0.05) is 11.3 Å². The zero-order chi connectivity index (χ0) is 20.6. The Balaban J connectivity index is 2.08. The van der Waals surface area contributed by atoms with E-state index in [0.717, 1.165) is 13.1 Å². The lowest BCUT2D eigenvalue weighted by Crippen LogP contribution is -2.43. The summed E-state index contributed by atoms with van der Waals surface area (Å²) in [5, 5.41) is 5.86. The summed E-state index contributed by atoms with van der Waals surface area (Å²) in [6.07, 6.45) is -3.46. The van der Waals surface area contributed by atoms with E-state index >= 15 is 0 Å². The number of nitrogens with zero attached hydrogens (tertiary/aromatic N) is 3. The number of amides is 1. The summed E-state index contributed by atoms with van der Waals surface area (Å²) in [7, 11) is 1.43. The fourth-order valence-electron chi connectivity index (χ4n) is 2.60. The first-order valence-electron chi connectivity index (χ1n) is 8.18. The molecular weight excluding hydrogens is 380 g/mol. The Labute approximate surface area is 157 Å². The third kappa shape index (κ3) is 3.62. The van der Waals surface area contributed by atoms with Crippen molar-refractivity contribution in [2.75, 3.05) is 7.11 Å². The Morgan fingerprint density at radius 2 is 2.00 bits per heavy atom. The number of aromatic nitrogens is 3. The quantitative estimate of drug-likeness (QED) is 0.685. The van der Waals surface area contributed by atoms with E-state index in [0.29, 0.717) is 11.4 Å². The van der Waals surface area contributed by atoms with Crippen molar-refractivity contribution in [3.8, 4) is 17.0 Å². The number of ether oxygens (including phenoxy) is 1. The molecule has 148 valence electrons. The van der Waals surface area contributed by atoms with Crippen molar-refractivity contribution in [3.05, 3.63) is 47.5 Å². The molecule has 1 atom stereocenters. The van der Waals surface area contributed by atoms with E-state index in [9.17, 15) is 22.4 Å². The van der Waals surface area contributed by atoms with Gasteiger partial charge in [0.05, 0.1) is 19.0 Å². The largest absolute Gasteiger partial charge is 0.497 e. The molecule has 0 fully saturated rings. The van der Waals surface area contributed by atoms with Crippen LogP contribution in [0.25, 0.3) is 16.9 Å². The highest BCUT2D eigenvalue weighted by Crippen LogP contribution is 2.27. The van der Waals surface area contributed by atoms with E-state index in [1.165, 1.54) is 29.8 Å². The maximum Gasteiger partial charge on any atom is 0.408 e. The van der Waals surface area contributed by atoms with Crippen LogP contribution in [0.5, 0.6) is 5.75 Å². The van der Waals surface area contributed by atoms with Gasteiger partial charge in [0.2, 0.25) is 0 Å². The SMILES string of the molecule is COc1ccc(F)c(-c2cc(C)n3ncc(C(=O)NC(C)C(F)(F)F)c3n2)c1. The summed E-state index contributed by atoms with van der Waals surface area (Å²) < 4.78 is 58.9. The number of alkyl halides is 3. The predicted molar refractivity (Wildman–Crippen MR) is 92.7 cm³/mol. The minimum Gasteiger partial charge on any atom is -0.497 e. The number of halogens is 4. The van der Waals surface area contributed by atoms with Crippen LogP contribution < -0.4 is 10.1 Å². The Bertz CT molecular complexity index is 1050. The number of carbonyl (C=O) groups excluding carboxylic acids is 1. The summed E-state index contributed by atoms with van der Waals surface area (Å²) >= 11 is 0. The predicted octanol–water partition coefficient (Wildman–Crippen LogP) is 3.53. The monoisotopic (exact) mass is 396 g/mol. The molecule has 0 saturated carbocycles. The van der Waals surface area contributed by atoms with E-state index in [-0.39, 0.29) is 22.5 Å². The first-order chi connectivity index (χ1) is 13.1. The van der Waals surface area contributed by atoms with Crippen LogP contribution in [0.15, 0.2) is 30.5 Å². The second-order valence-electron chi connectivity index (χ2n) is 6.16. The summed E-state index contributed by atoms with van der Waals surface area (Å²) in [5.74, 6) is -1.13. The molecule has 3 rings (SSSR count). The fraction of sp³-hybridized carbons (Fsp3) is 0.278. The highest BCUT2D eigenvalue weighted by molar-refractivity contribution is 6.00. The number of carbonyl (C=O) groups is 1. The van der Waals surface area contributed by atoms with Crippen molar-refractivity contribution < 1.29 is 27.1 Å². The first kappa shape index (κ1) is 19.6. The highest BCUT2D eigenvalue weighted by atomic mass is 19.4. The van der Waals surface area contributed by atoms with E-state index in [1.807, 2.05) is 5.32 Å². The Morgan fingerprint density at radius 3 is 2.64 bits per heavy atom. The van der Waals surface area contributed by atoms with E-state index in [4.69, 9.17) is 4.74 Å². The van der Waals surface area contributed by atoms with Gasteiger partial charge in [0.1, 0.15) is 23.2 Å². The zero-order valence-corrected chi connectivity index (χ0v) is 15.1. The molecule has 1 amide bonds. The molecule has 0 spiro atoms. The molecule has 28 heavy (non-hydrogen) atoms. The number of hydrogen-bond donors (Lipinski definition) is 1. The number of aryl methyl sites for hydroxylation is 1. The van der Waals surface area contributed by atoms with E-state index in [2.05, 4.69) is 10.1 Å². The van der Waals surface area contributed by atoms with Crippen LogP contribution in [0, 0.1) is 12.7 Å². The van der Waals surface area contributed by atoms with Gasteiger partial charge in [0.25, 0.3) is 5.91 Å². The smallest absolute Gasteiger partial charge is 0.408 e. The van der Waals surface area contributed by atoms with Crippen LogP contribution in [-0.2, 0) is 0 Å². The molecule has 1 aromatic carbocycles. The summed E-state index contributed by atoms with van der Waals surface area (Å²) in [4.78, 5) is 16.6. The molecule has 10 heteroatoms. The van der Waals surface area contributed by atoms with Gasteiger partial charge in [-0.3, -0.25) is 4.79 Å². The molecule has 0 aliphatic heterocycles. The fourth-order valence-corrected chi connectivity index (χ4v) is 2.60. The molecule has 6 nitrogen and oxygen atoms in total. The maximum atomic E-state index is 14.3. The van der Waals surface area contributed by atoms with Crippen molar-refractivity contribution in [1.29, 1.82) is 0 Å². The standard InChI is InChI=1S/C18H16F4N4O2/c1-9-6-15(12-7-11(28-3)4-5-14(12)19)25-16-13(8-23-26(9)16)17(27)24-10(2)18(20,21)22/h4-8,10H,1-3H3,(H,24,27). The second kappa shape index (κ2) is 7.10. The van der Waals surface area contributed by atoms with Crippen molar-refractivity contribution >= 4 is 11.6 Å². The van der Waals surface area contributed by atoms with E-state index in [1.54, 1.807) is 13.0 Å². The molecule has 0 aliphatic carbocycles. The number of methoxy groups -OCH3 is 1. The summed E-state index contributed by atoms with van der Waals surface area (Å²) in [6.45, 7) is 2.49. The Morgan fingerprint density at radius 1 is 1.29 bits per heavy atom. The maximum absolute atomic E-state index is 14.3. The zero-order valence-electron chi connectivity index (χ0n) is 15.1. The van der Waals surface area contributed by atoms with Crippen LogP contribution in [-0.4, -0.2) is 39.8 Å². The van der Waals surface area contributed by atoms with Crippen molar-refractivity contribution in [2.24, 2.45) is 0 Å². The Kier molecular flexibility index (Phi) is 4.97. The van der Waals surface area contributed by atoms with Crippen LogP contribution in [0.4, 0.5) is 17.6 Å². The van der Waals surface area contributed by atoms with Crippen LogP contribution in [0.2, 0.25) is 0 Å². The first-order valence-corrected chi connectivity index (χ1v) is 8.18. The summed E-state index contributed by atoms with van der Waals surface area (Å²) in [6, 6.07) is 3.60. The second-order valence-corrected chi connectivity index (χ2v) is 6.16. The van der Waals surface area contributed by atoms with Crippen LogP contribution >= 0.6 is 0 Å². The third-order valence-corrected chi connectivity index (χ3v) is 4.18. The molecule has 0 saturated heterocycles. The molecule has 1 N–H and O–H groups in total. The molecule has 3 aromatic rings. The van der Waals surface area contributed by atoms with Gasteiger partial charge in [-0.25, -0.2) is 13.9 Å². The summed E-state index contributed by atoms with van der Waals surface area (Å²) in [5.41, 5.74) is 0.708. The normalized spacial score (nSPS) is 12.8. The third-order valence-electron chi connectivity index (χ3n) is 4.18. The van der Waals surface area contributed by atoms with Gasteiger partial charge in [-0.05, 0) is 38.1 Å². The van der Waals surface area contributed by atoms with Gasteiger partial charge in [-0.1, -0.05) is 0 Å². The Hall–Kier alpha value is -3.17. The van der Waals surface area contributed by atoms with Gasteiger partial charge in [0.15, 0.2) is 5.65 Å². The average Bonchev–Trinajstić information content (AvgIpc) is 3.06. The number of fused-ring (bicyclic) bond motifs is 1. The average molecular weight is 396 g/mol. The molecular formula is C18H16F4N4O2. The number of hydrogen-bond acceptors (Lipinski definition) is 4.